The van der Waals surface area contributed by atoms with E-state index in [1.54, 1.807) is 24.1 Å². The van der Waals surface area contributed by atoms with Gasteiger partial charge in [-0.05, 0) is 37.8 Å². The molecule has 2 aliphatic rings. The summed E-state index contributed by atoms with van der Waals surface area (Å²) in [5.74, 6) is 1.32. The third kappa shape index (κ3) is 5.37. The van der Waals surface area contributed by atoms with Crippen LogP contribution in [-0.4, -0.2) is 49.6 Å². The van der Waals surface area contributed by atoms with Crippen LogP contribution in [0.15, 0.2) is 24.3 Å². The molecule has 148 valence electrons. The highest BCUT2D eigenvalue weighted by Crippen LogP contribution is 2.26. The number of nitrogens with one attached hydrogen (secondary N) is 1. The van der Waals surface area contributed by atoms with E-state index in [1.165, 1.54) is 19.3 Å². The minimum Gasteiger partial charge on any atom is -0.493 e. The monoisotopic (exact) mass is 374 g/mol. The second-order valence-electron chi connectivity index (χ2n) is 7.44. The third-order valence-electron chi connectivity index (χ3n) is 5.59. The SMILES string of the molecule is COc1ccccc1OCC(=O)N1CCC(C(=O)NC2CCCCC2)CC1. The predicted octanol–water partition coefficient (Wildman–Crippen LogP) is 2.76. The molecule has 0 bridgehead atoms. The molecule has 0 spiro atoms. The number of carbonyl (C=O) groups excluding carboxylic acids is 2. The molecule has 3 rings (SSSR count). The molecule has 1 aliphatic carbocycles. The Bertz CT molecular complexity index is 635. The number of benzene rings is 1. The van der Waals surface area contributed by atoms with Gasteiger partial charge < -0.3 is 19.7 Å². The Morgan fingerprint density at radius 2 is 1.70 bits per heavy atom. The lowest BCUT2D eigenvalue weighted by Gasteiger charge is -2.32. The second-order valence-corrected chi connectivity index (χ2v) is 7.44. The first-order valence-electron chi connectivity index (χ1n) is 10.0. The molecule has 1 saturated carbocycles. The highest BCUT2D eigenvalue weighted by Gasteiger charge is 2.29. The molecule has 1 aromatic rings. The number of methoxy groups -OCH3 is 1. The zero-order chi connectivity index (χ0) is 19.1. The van der Waals surface area contributed by atoms with Crippen LogP contribution in [-0.2, 0) is 9.59 Å². The van der Waals surface area contributed by atoms with Crippen LogP contribution < -0.4 is 14.8 Å². The van der Waals surface area contributed by atoms with Gasteiger partial charge in [0, 0.05) is 25.0 Å². The minimum atomic E-state index is -0.0490. The Hall–Kier alpha value is -2.24. The number of piperidine rings is 1. The summed E-state index contributed by atoms with van der Waals surface area (Å²) in [7, 11) is 1.58. The van der Waals surface area contributed by atoms with Crippen molar-refractivity contribution in [2.24, 2.45) is 5.92 Å². The molecule has 27 heavy (non-hydrogen) atoms. The van der Waals surface area contributed by atoms with Gasteiger partial charge in [0.2, 0.25) is 5.91 Å². The maximum Gasteiger partial charge on any atom is 0.260 e. The minimum absolute atomic E-state index is 0.0146. The maximum absolute atomic E-state index is 12.5. The fourth-order valence-corrected chi connectivity index (χ4v) is 3.93. The van der Waals surface area contributed by atoms with Crippen molar-refractivity contribution in [3.8, 4) is 11.5 Å². The van der Waals surface area contributed by atoms with Gasteiger partial charge in [-0.25, -0.2) is 0 Å². The van der Waals surface area contributed by atoms with Crippen LogP contribution in [0, 0.1) is 5.92 Å². The Balaban J connectivity index is 1.41. The van der Waals surface area contributed by atoms with E-state index >= 15 is 0 Å². The molecule has 1 N–H and O–H groups in total. The van der Waals surface area contributed by atoms with E-state index in [1.807, 2.05) is 12.1 Å². The van der Waals surface area contributed by atoms with Crippen molar-refractivity contribution in [1.82, 2.24) is 10.2 Å². The average molecular weight is 374 g/mol. The Kier molecular flexibility index (Phi) is 6.96. The summed E-state index contributed by atoms with van der Waals surface area (Å²) in [4.78, 5) is 26.7. The highest BCUT2D eigenvalue weighted by molar-refractivity contribution is 5.80. The van der Waals surface area contributed by atoms with Gasteiger partial charge in [-0.15, -0.1) is 0 Å². The van der Waals surface area contributed by atoms with E-state index in [-0.39, 0.29) is 24.3 Å². The average Bonchev–Trinajstić information content (AvgIpc) is 2.73. The molecule has 0 atom stereocenters. The lowest BCUT2D eigenvalue weighted by Crippen LogP contribution is -2.46. The fourth-order valence-electron chi connectivity index (χ4n) is 3.93. The molecule has 1 aromatic carbocycles. The van der Waals surface area contributed by atoms with E-state index in [4.69, 9.17) is 9.47 Å². The van der Waals surface area contributed by atoms with Gasteiger partial charge in [0.1, 0.15) is 0 Å². The van der Waals surface area contributed by atoms with Crippen LogP contribution in [0.3, 0.4) is 0 Å². The Morgan fingerprint density at radius 1 is 1.04 bits per heavy atom. The van der Waals surface area contributed by atoms with Crippen LogP contribution in [0.2, 0.25) is 0 Å². The van der Waals surface area contributed by atoms with Crippen molar-refractivity contribution in [1.29, 1.82) is 0 Å². The third-order valence-corrected chi connectivity index (χ3v) is 5.59. The summed E-state index contributed by atoms with van der Waals surface area (Å²) < 4.78 is 10.9. The van der Waals surface area contributed by atoms with E-state index in [9.17, 15) is 9.59 Å². The lowest BCUT2D eigenvalue weighted by molar-refractivity contribution is -0.137. The van der Waals surface area contributed by atoms with Gasteiger partial charge in [0.15, 0.2) is 18.1 Å². The van der Waals surface area contributed by atoms with E-state index in [0.717, 1.165) is 25.7 Å². The first-order chi connectivity index (χ1) is 13.2. The van der Waals surface area contributed by atoms with Crippen molar-refractivity contribution in [2.75, 3.05) is 26.8 Å². The van der Waals surface area contributed by atoms with Gasteiger partial charge in [0.25, 0.3) is 5.91 Å². The summed E-state index contributed by atoms with van der Waals surface area (Å²) >= 11 is 0. The molecular weight excluding hydrogens is 344 g/mol. The normalized spacial score (nSPS) is 18.8. The topological polar surface area (TPSA) is 67.9 Å². The highest BCUT2D eigenvalue weighted by atomic mass is 16.5. The largest absolute Gasteiger partial charge is 0.493 e. The summed E-state index contributed by atoms with van der Waals surface area (Å²) in [6.07, 6.45) is 7.35. The van der Waals surface area contributed by atoms with Crippen LogP contribution in [0.1, 0.15) is 44.9 Å². The van der Waals surface area contributed by atoms with Gasteiger partial charge in [-0.1, -0.05) is 31.4 Å². The zero-order valence-electron chi connectivity index (χ0n) is 16.1. The fraction of sp³-hybridized carbons (Fsp3) is 0.619. The summed E-state index contributed by atoms with van der Waals surface area (Å²) in [6, 6.07) is 7.64. The smallest absolute Gasteiger partial charge is 0.260 e. The van der Waals surface area contributed by atoms with Gasteiger partial charge >= 0.3 is 0 Å². The zero-order valence-corrected chi connectivity index (χ0v) is 16.1. The number of hydrogen-bond donors (Lipinski definition) is 1. The quantitative estimate of drug-likeness (QED) is 0.831. The first kappa shape index (κ1) is 19.5. The van der Waals surface area contributed by atoms with Crippen molar-refractivity contribution in [2.45, 2.75) is 51.0 Å². The van der Waals surface area contributed by atoms with Gasteiger partial charge in [-0.3, -0.25) is 9.59 Å². The van der Waals surface area contributed by atoms with E-state index < -0.39 is 0 Å². The molecule has 6 nitrogen and oxygen atoms in total. The summed E-state index contributed by atoms with van der Waals surface area (Å²) in [5.41, 5.74) is 0. The number of likely N-dealkylation sites (tertiary alicyclic amines) is 1. The van der Waals surface area contributed by atoms with Gasteiger partial charge in [-0.2, -0.15) is 0 Å². The number of nitrogens with zero attached hydrogens (tertiary/aromatic N) is 1. The molecule has 6 heteroatoms. The Labute approximate surface area is 161 Å². The summed E-state index contributed by atoms with van der Waals surface area (Å²) in [5, 5.41) is 3.21. The number of carbonyl (C=O) groups is 2. The van der Waals surface area contributed by atoms with Crippen molar-refractivity contribution in [3.63, 3.8) is 0 Å². The standard InChI is InChI=1S/C21H30N2O4/c1-26-18-9-5-6-10-19(18)27-15-20(24)23-13-11-16(12-14-23)21(25)22-17-7-3-2-4-8-17/h5-6,9-10,16-17H,2-4,7-8,11-15H2,1H3,(H,22,25). The predicted molar refractivity (Wildman–Crippen MR) is 103 cm³/mol. The number of rotatable bonds is 6. The van der Waals surface area contributed by atoms with Gasteiger partial charge in [0.05, 0.1) is 7.11 Å². The molecule has 1 aliphatic heterocycles. The lowest BCUT2D eigenvalue weighted by atomic mass is 9.92. The number of para-hydroxylation sites is 2. The molecule has 2 fully saturated rings. The van der Waals surface area contributed by atoms with Crippen molar-refractivity contribution in [3.05, 3.63) is 24.3 Å². The summed E-state index contributed by atoms with van der Waals surface area (Å²) in [6.45, 7) is 1.20. The molecule has 0 unspecified atom stereocenters. The second kappa shape index (κ2) is 9.62. The van der Waals surface area contributed by atoms with Crippen LogP contribution in [0.25, 0.3) is 0 Å². The molecule has 0 radical (unpaired) electrons. The van der Waals surface area contributed by atoms with E-state index in [2.05, 4.69) is 5.32 Å². The first-order valence-corrected chi connectivity index (χ1v) is 10.0. The maximum atomic E-state index is 12.5. The molecule has 2 amide bonds. The van der Waals surface area contributed by atoms with Crippen LogP contribution >= 0.6 is 0 Å². The van der Waals surface area contributed by atoms with Crippen LogP contribution in [0.5, 0.6) is 11.5 Å². The molecule has 1 heterocycles. The van der Waals surface area contributed by atoms with Crippen molar-refractivity contribution < 1.29 is 19.1 Å². The van der Waals surface area contributed by atoms with E-state index in [0.29, 0.717) is 30.6 Å². The molecule has 1 saturated heterocycles. The van der Waals surface area contributed by atoms with Crippen molar-refractivity contribution >= 4 is 11.8 Å². The Morgan fingerprint density at radius 3 is 2.37 bits per heavy atom. The number of hydrogen-bond acceptors (Lipinski definition) is 4. The molecule has 0 aromatic heterocycles. The molecular formula is C21H30N2O4. The van der Waals surface area contributed by atoms with Crippen LogP contribution in [0.4, 0.5) is 0 Å². The number of amides is 2. The number of ether oxygens (including phenoxy) is 2.